The average molecular weight is 289 g/mol. The van der Waals surface area contributed by atoms with Crippen molar-refractivity contribution in [1.29, 1.82) is 0 Å². The summed E-state index contributed by atoms with van der Waals surface area (Å²) in [5.74, 6) is 1.09. The van der Waals surface area contributed by atoms with Crippen molar-refractivity contribution >= 4 is 35.8 Å². The molecule has 0 bridgehead atoms. The molecule has 0 atom stereocenters. The van der Waals surface area contributed by atoms with Crippen LogP contribution in [0.4, 0.5) is 5.69 Å². The first-order valence-electron chi connectivity index (χ1n) is 5.78. The van der Waals surface area contributed by atoms with Crippen LogP contribution in [0.2, 0.25) is 0 Å². The van der Waals surface area contributed by atoms with Crippen molar-refractivity contribution in [1.82, 2.24) is 5.32 Å². The van der Waals surface area contributed by atoms with E-state index < -0.39 is 0 Å². The van der Waals surface area contributed by atoms with E-state index in [-0.39, 0.29) is 18.3 Å². The molecule has 1 rings (SSSR count). The van der Waals surface area contributed by atoms with Crippen molar-refractivity contribution in [3.8, 4) is 0 Å². The number of nitrogens with one attached hydrogen (secondary N) is 2. The molecule has 0 fully saturated rings. The molecule has 5 heteroatoms. The van der Waals surface area contributed by atoms with Gasteiger partial charge in [-0.2, -0.15) is 11.8 Å². The monoisotopic (exact) mass is 288 g/mol. The van der Waals surface area contributed by atoms with E-state index in [1.54, 1.807) is 11.8 Å². The molecule has 102 valence electrons. The van der Waals surface area contributed by atoms with E-state index in [9.17, 15) is 4.79 Å². The van der Waals surface area contributed by atoms with Gasteiger partial charge in [-0.05, 0) is 44.0 Å². The average Bonchev–Trinajstić information content (AvgIpc) is 2.32. The van der Waals surface area contributed by atoms with Crippen molar-refractivity contribution in [2.75, 3.05) is 25.2 Å². The molecule has 0 aliphatic heterocycles. The zero-order chi connectivity index (χ0) is 12.5. The third-order valence-electron chi connectivity index (χ3n) is 2.38. The third kappa shape index (κ3) is 6.89. The third-order valence-corrected chi connectivity index (χ3v) is 3.00. The summed E-state index contributed by atoms with van der Waals surface area (Å²) in [5.41, 5.74) is 2.16. The summed E-state index contributed by atoms with van der Waals surface area (Å²) in [6.45, 7) is 0.875. The number of rotatable bonds is 7. The van der Waals surface area contributed by atoms with E-state index in [2.05, 4.69) is 29.0 Å². The van der Waals surface area contributed by atoms with Crippen LogP contribution in [0.25, 0.3) is 0 Å². The maximum atomic E-state index is 11.6. The molecule has 0 aliphatic rings. The summed E-state index contributed by atoms with van der Waals surface area (Å²) in [6.07, 6.45) is 3.51. The van der Waals surface area contributed by atoms with Gasteiger partial charge in [-0.1, -0.05) is 12.1 Å². The fourth-order valence-corrected chi connectivity index (χ4v) is 2.03. The number of carbonyl (C=O) groups is 1. The number of halogens is 1. The van der Waals surface area contributed by atoms with Gasteiger partial charge in [0.1, 0.15) is 0 Å². The van der Waals surface area contributed by atoms with Crippen molar-refractivity contribution in [2.45, 2.75) is 18.6 Å². The Hall–Kier alpha value is -0.710. The Bertz CT molecular complexity index is 343. The number of anilines is 1. The number of thioether (sulfide) groups is 1. The normalized spacial score (nSPS) is 9.67. The molecule has 0 saturated heterocycles. The zero-order valence-corrected chi connectivity index (χ0v) is 12.5. The summed E-state index contributed by atoms with van der Waals surface area (Å²) >= 11 is 1.79. The van der Waals surface area contributed by atoms with Crippen LogP contribution in [0.5, 0.6) is 0 Å². The summed E-state index contributed by atoms with van der Waals surface area (Å²) in [7, 11) is 1.89. The number of hydrogen-bond donors (Lipinski definition) is 2. The van der Waals surface area contributed by atoms with Crippen LogP contribution in [-0.2, 0) is 10.5 Å². The second-order valence-electron chi connectivity index (χ2n) is 3.89. The van der Waals surface area contributed by atoms with Crippen LogP contribution in [-0.4, -0.2) is 25.8 Å². The van der Waals surface area contributed by atoms with Gasteiger partial charge in [0.15, 0.2) is 0 Å². The topological polar surface area (TPSA) is 41.1 Å². The molecule has 0 unspecified atom stereocenters. The van der Waals surface area contributed by atoms with Crippen LogP contribution in [0.15, 0.2) is 24.3 Å². The molecule has 0 saturated carbocycles. The molecule has 1 aromatic carbocycles. The molecule has 0 spiro atoms. The molecule has 0 radical (unpaired) electrons. The SMILES string of the molecule is CNCCCC(=O)Nc1ccc(CSC)cc1.Cl. The number of amides is 1. The van der Waals surface area contributed by atoms with E-state index in [1.807, 2.05) is 19.2 Å². The lowest BCUT2D eigenvalue weighted by molar-refractivity contribution is -0.116. The van der Waals surface area contributed by atoms with Gasteiger partial charge in [0.25, 0.3) is 0 Å². The maximum Gasteiger partial charge on any atom is 0.224 e. The van der Waals surface area contributed by atoms with Crippen LogP contribution in [0, 0.1) is 0 Å². The second kappa shape index (κ2) is 10.2. The van der Waals surface area contributed by atoms with Crippen molar-refractivity contribution in [3.63, 3.8) is 0 Å². The molecular formula is C13H21ClN2OS. The largest absolute Gasteiger partial charge is 0.326 e. The molecule has 2 N–H and O–H groups in total. The fourth-order valence-electron chi connectivity index (χ4n) is 1.50. The highest BCUT2D eigenvalue weighted by Crippen LogP contribution is 2.13. The molecule has 0 heterocycles. The van der Waals surface area contributed by atoms with Crippen LogP contribution in [0.1, 0.15) is 18.4 Å². The standard InChI is InChI=1S/C13H20N2OS.ClH/c1-14-9-3-4-13(16)15-12-7-5-11(6-8-12)10-17-2;/h5-8,14H,3-4,9-10H2,1-2H3,(H,15,16);1H. The van der Waals surface area contributed by atoms with E-state index in [0.29, 0.717) is 6.42 Å². The van der Waals surface area contributed by atoms with E-state index in [1.165, 1.54) is 5.56 Å². The predicted molar refractivity (Wildman–Crippen MR) is 82.7 cm³/mol. The van der Waals surface area contributed by atoms with Gasteiger partial charge in [-0.25, -0.2) is 0 Å². The lowest BCUT2D eigenvalue weighted by atomic mass is 10.2. The number of hydrogen-bond acceptors (Lipinski definition) is 3. The van der Waals surface area contributed by atoms with Gasteiger partial charge in [-0.15, -0.1) is 12.4 Å². The Kier molecular flexibility index (Phi) is 9.83. The molecule has 1 aromatic rings. The van der Waals surface area contributed by atoms with E-state index >= 15 is 0 Å². The Labute approximate surface area is 120 Å². The first-order chi connectivity index (χ1) is 8.26. The number of benzene rings is 1. The molecule has 0 aromatic heterocycles. The second-order valence-corrected chi connectivity index (χ2v) is 4.75. The summed E-state index contributed by atoms with van der Waals surface area (Å²) in [4.78, 5) is 11.6. The fraction of sp³-hybridized carbons (Fsp3) is 0.462. The Morgan fingerprint density at radius 1 is 1.28 bits per heavy atom. The van der Waals surface area contributed by atoms with E-state index in [0.717, 1.165) is 24.4 Å². The summed E-state index contributed by atoms with van der Waals surface area (Å²) in [6, 6.07) is 8.03. The zero-order valence-electron chi connectivity index (χ0n) is 10.9. The van der Waals surface area contributed by atoms with Crippen LogP contribution >= 0.6 is 24.2 Å². The highest BCUT2D eigenvalue weighted by molar-refractivity contribution is 7.97. The quantitative estimate of drug-likeness (QED) is 0.758. The van der Waals surface area contributed by atoms with Crippen molar-refractivity contribution in [2.24, 2.45) is 0 Å². The first kappa shape index (κ1) is 17.3. The minimum atomic E-state index is 0. The van der Waals surface area contributed by atoms with Gasteiger partial charge in [0.05, 0.1) is 0 Å². The van der Waals surface area contributed by atoms with E-state index in [4.69, 9.17) is 0 Å². The van der Waals surface area contributed by atoms with Crippen LogP contribution in [0.3, 0.4) is 0 Å². The van der Waals surface area contributed by atoms with Crippen LogP contribution < -0.4 is 10.6 Å². The summed E-state index contributed by atoms with van der Waals surface area (Å²) in [5, 5.41) is 5.92. The van der Waals surface area contributed by atoms with Gasteiger partial charge in [0.2, 0.25) is 5.91 Å². The van der Waals surface area contributed by atoms with Gasteiger partial charge in [0, 0.05) is 17.9 Å². The van der Waals surface area contributed by atoms with Gasteiger partial charge >= 0.3 is 0 Å². The lowest BCUT2D eigenvalue weighted by Crippen LogP contribution is -2.15. The molecule has 1 amide bonds. The number of carbonyl (C=O) groups excluding carboxylic acids is 1. The van der Waals surface area contributed by atoms with Gasteiger partial charge in [-0.3, -0.25) is 4.79 Å². The minimum Gasteiger partial charge on any atom is -0.326 e. The Morgan fingerprint density at radius 2 is 1.94 bits per heavy atom. The highest BCUT2D eigenvalue weighted by atomic mass is 35.5. The minimum absolute atomic E-state index is 0. The first-order valence-corrected chi connectivity index (χ1v) is 7.18. The molecule has 3 nitrogen and oxygen atoms in total. The Balaban J connectivity index is 0.00000289. The molecular weight excluding hydrogens is 268 g/mol. The maximum absolute atomic E-state index is 11.6. The lowest BCUT2D eigenvalue weighted by Gasteiger charge is -2.06. The highest BCUT2D eigenvalue weighted by Gasteiger charge is 2.01. The molecule has 18 heavy (non-hydrogen) atoms. The predicted octanol–water partition coefficient (Wildman–Crippen LogP) is 2.91. The van der Waals surface area contributed by atoms with Crippen molar-refractivity contribution < 1.29 is 4.79 Å². The Morgan fingerprint density at radius 3 is 2.50 bits per heavy atom. The molecule has 0 aliphatic carbocycles. The summed E-state index contributed by atoms with van der Waals surface area (Å²) < 4.78 is 0. The van der Waals surface area contributed by atoms with Crippen molar-refractivity contribution in [3.05, 3.63) is 29.8 Å². The van der Waals surface area contributed by atoms with Gasteiger partial charge < -0.3 is 10.6 Å². The smallest absolute Gasteiger partial charge is 0.224 e.